The van der Waals surface area contributed by atoms with Crippen molar-refractivity contribution in [3.8, 4) is 0 Å². The highest BCUT2D eigenvalue weighted by Gasteiger charge is 2.25. The summed E-state index contributed by atoms with van der Waals surface area (Å²) >= 11 is 18.9. The van der Waals surface area contributed by atoms with Gasteiger partial charge in [-0.15, -0.1) is 0 Å². The van der Waals surface area contributed by atoms with Crippen molar-refractivity contribution in [2.75, 3.05) is 0 Å². The first-order valence-electron chi connectivity index (χ1n) is 6.37. The van der Waals surface area contributed by atoms with E-state index in [4.69, 9.17) is 23.2 Å². The Morgan fingerprint density at radius 2 is 2.09 bits per heavy atom. The van der Waals surface area contributed by atoms with Crippen molar-refractivity contribution in [1.29, 1.82) is 0 Å². The largest absolute Gasteiger partial charge is 0.293 e. The van der Waals surface area contributed by atoms with Gasteiger partial charge in [-0.25, -0.2) is 0 Å². The number of halogens is 4. The maximum Gasteiger partial charge on any atom is 0.172 e. The van der Waals surface area contributed by atoms with Gasteiger partial charge in [0.2, 0.25) is 0 Å². The maximum atomic E-state index is 12.8. The van der Waals surface area contributed by atoms with Crippen LogP contribution in [-0.2, 0) is 0 Å². The zero-order chi connectivity index (χ0) is 16.1. The Hall–Kier alpha value is -0.680. The Morgan fingerprint density at radius 1 is 1.32 bits per heavy atom. The summed E-state index contributed by atoms with van der Waals surface area (Å²) in [5, 5.41) is 1.01. The molecule has 0 radical (unpaired) electrons. The van der Waals surface area contributed by atoms with Crippen LogP contribution in [0.3, 0.4) is 0 Å². The van der Waals surface area contributed by atoms with Crippen LogP contribution < -0.4 is 0 Å². The van der Waals surface area contributed by atoms with E-state index in [1.54, 1.807) is 47.7 Å². The number of aromatic nitrogens is 1. The van der Waals surface area contributed by atoms with E-state index in [0.717, 1.165) is 10.0 Å². The molecule has 0 aliphatic carbocycles. The van der Waals surface area contributed by atoms with Crippen LogP contribution in [0.1, 0.15) is 28.3 Å². The highest BCUT2D eigenvalue weighted by atomic mass is 79.9. The van der Waals surface area contributed by atoms with E-state index in [2.05, 4.69) is 36.8 Å². The van der Waals surface area contributed by atoms with Crippen molar-refractivity contribution in [2.45, 2.75) is 12.3 Å². The molecule has 22 heavy (non-hydrogen) atoms. The monoisotopic (exact) mass is 461 g/mol. The fourth-order valence-electron chi connectivity index (χ4n) is 2.08. The fourth-order valence-corrected chi connectivity index (χ4v) is 3.13. The van der Waals surface area contributed by atoms with Crippen molar-refractivity contribution < 1.29 is 4.79 Å². The van der Waals surface area contributed by atoms with Crippen molar-refractivity contribution in [3.63, 3.8) is 0 Å². The van der Waals surface area contributed by atoms with Crippen LogP contribution in [-0.4, -0.2) is 10.8 Å². The van der Waals surface area contributed by atoms with Gasteiger partial charge in [0.25, 0.3) is 0 Å². The summed E-state index contributed by atoms with van der Waals surface area (Å²) in [5.41, 5.74) is 1.29. The van der Waals surface area contributed by atoms with Gasteiger partial charge in [0, 0.05) is 32.5 Å². The summed E-state index contributed by atoms with van der Waals surface area (Å²) < 4.78 is 0.862. The van der Waals surface area contributed by atoms with Gasteiger partial charge >= 0.3 is 0 Å². The molecule has 0 aliphatic heterocycles. The summed E-state index contributed by atoms with van der Waals surface area (Å²) in [7, 11) is 0. The third kappa shape index (κ3) is 4.42. The van der Waals surface area contributed by atoms with E-state index in [1.807, 2.05) is 0 Å². The molecule has 0 saturated heterocycles. The molecule has 2 rings (SSSR count). The van der Waals surface area contributed by atoms with E-state index in [1.165, 1.54) is 0 Å². The van der Waals surface area contributed by atoms with E-state index in [0.29, 0.717) is 22.0 Å². The van der Waals surface area contributed by atoms with Crippen LogP contribution in [0.15, 0.2) is 52.2 Å². The molecule has 0 saturated carbocycles. The van der Waals surface area contributed by atoms with Crippen molar-refractivity contribution in [1.82, 2.24) is 4.98 Å². The Labute approximate surface area is 155 Å². The number of Topliss-reactive ketones (excluding diaryl/α,β-unsaturated/α-hetero) is 1. The van der Waals surface area contributed by atoms with E-state index in [9.17, 15) is 4.79 Å². The summed E-state index contributed by atoms with van der Waals surface area (Å²) in [6, 6.07) is 8.66. The average Bonchev–Trinajstić information content (AvgIpc) is 2.53. The van der Waals surface area contributed by atoms with Gasteiger partial charge in [0.15, 0.2) is 5.78 Å². The first kappa shape index (κ1) is 17.7. The number of pyridine rings is 1. The van der Waals surface area contributed by atoms with Crippen LogP contribution in [0, 0.1) is 0 Å². The number of nitrogens with zero attached hydrogens (tertiary/aromatic N) is 1. The minimum atomic E-state index is -0.419. The van der Waals surface area contributed by atoms with Crippen LogP contribution in [0.4, 0.5) is 0 Å². The summed E-state index contributed by atoms with van der Waals surface area (Å²) in [5.74, 6) is -0.458. The minimum Gasteiger partial charge on any atom is -0.293 e. The van der Waals surface area contributed by atoms with Crippen molar-refractivity contribution >= 4 is 60.8 Å². The molecule has 6 heteroatoms. The first-order valence-corrected chi connectivity index (χ1v) is 8.83. The normalized spacial score (nSPS) is 13.0. The summed E-state index contributed by atoms with van der Waals surface area (Å²) in [6.45, 7) is 0. The van der Waals surface area contributed by atoms with E-state index >= 15 is 0 Å². The number of rotatable bonds is 5. The summed E-state index contributed by atoms with van der Waals surface area (Å²) in [6.07, 6.45) is 3.68. The Balaban J connectivity index is 2.45. The fraction of sp³-hybridized carbons (Fsp3) is 0.125. The number of ketones is 1. The highest BCUT2D eigenvalue weighted by molar-refractivity contribution is 9.14. The van der Waals surface area contributed by atoms with Gasteiger partial charge in [-0.1, -0.05) is 61.1 Å². The molecule has 0 spiro atoms. The number of hydrogen-bond donors (Lipinski definition) is 0. The Morgan fingerprint density at radius 3 is 2.68 bits per heavy atom. The molecule has 1 aromatic carbocycles. The minimum absolute atomic E-state index is 0.0383. The molecule has 0 bridgehead atoms. The quantitative estimate of drug-likeness (QED) is 0.482. The third-order valence-corrected chi connectivity index (χ3v) is 5.40. The predicted molar refractivity (Wildman–Crippen MR) is 98.3 cm³/mol. The lowest BCUT2D eigenvalue weighted by molar-refractivity contribution is 0.0959. The second-order valence-corrected chi connectivity index (χ2v) is 6.90. The van der Waals surface area contributed by atoms with Crippen LogP contribution in [0.5, 0.6) is 0 Å². The van der Waals surface area contributed by atoms with Gasteiger partial charge in [0.1, 0.15) is 0 Å². The number of benzene rings is 1. The maximum absolute atomic E-state index is 12.8. The Bertz CT molecular complexity index is 705. The molecule has 1 atom stereocenters. The van der Waals surface area contributed by atoms with E-state index < -0.39 is 5.92 Å². The first-order chi connectivity index (χ1) is 10.5. The standard InChI is InChI=1S/C16H11Br2Cl2NO/c17-8-11(18)6-14(13-4-3-12(19)7-15(13)20)16(22)10-2-1-5-21-9-10/h1-5,7-9,14H,6H2/b11-8-. The lowest BCUT2D eigenvalue weighted by Crippen LogP contribution is -2.14. The summed E-state index contributed by atoms with van der Waals surface area (Å²) in [4.78, 5) is 18.6. The molecule has 0 fully saturated rings. The van der Waals surface area contributed by atoms with Gasteiger partial charge in [0.05, 0.1) is 5.92 Å². The van der Waals surface area contributed by atoms with Gasteiger partial charge in [-0.2, -0.15) is 0 Å². The average molecular weight is 464 g/mol. The van der Waals surface area contributed by atoms with Crippen LogP contribution >= 0.6 is 55.1 Å². The smallest absolute Gasteiger partial charge is 0.172 e. The van der Waals surface area contributed by atoms with Crippen molar-refractivity contribution in [3.05, 3.63) is 73.4 Å². The molecule has 0 amide bonds. The molecular weight excluding hydrogens is 453 g/mol. The topological polar surface area (TPSA) is 30.0 Å². The van der Waals surface area contributed by atoms with Gasteiger partial charge in [-0.05, 0) is 41.2 Å². The lowest BCUT2D eigenvalue weighted by atomic mass is 9.88. The zero-order valence-electron chi connectivity index (χ0n) is 11.3. The number of carbonyl (C=O) groups excluding carboxylic acids is 1. The van der Waals surface area contributed by atoms with Crippen LogP contribution in [0.25, 0.3) is 0 Å². The number of hydrogen-bond acceptors (Lipinski definition) is 2. The predicted octanol–water partition coefficient (Wildman–Crippen LogP) is 6.38. The Kier molecular flexibility index (Phi) is 6.63. The lowest BCUT2D eigenvalue weighted by Gasteiger charge is -2.17. The molecule has 114 valence electrons. The highest BCUT2D eigenvalue weighted by Crippen LogP contribution is 2.35. The molecule has 0 N–H and O–H groups in total. The molecule has 1 unspecified atom stereocenters. The zero-order valence-corrected chi connectivity index (χ0v) is 16.0. The van der Waals surface area contributed by atoms with Crippen LogP contribution in [0.2, 0.25) is 10.0 Å². The SMILES string of the molecule is O=C(c1cccnc1)C(C/C(Br)=C/Br)c1ccc(Cl)cc1Cl. The molecule has 1 aromatic heterocycles. The van der Waals surface area contributed by atoms with E-state index in [-0.39, 0.29) is 5.78 Å². The third-order valence-electron chi connectivity index (χ3n) is 3.12. The molecule has 0 aliphatic rings. The van der Waals surface area contributed by atoms with Gasteiger partial charge in [-0.3, -0.25) is 9.78 Å². The number of carbonyl (C=O) groups is 1. The number of allylic oxidation sites excluding steroid dienone is 1. The second-order valence-electron chi connectivity index (χ2n) is 4.58. The second kappa shape index (κ2) is 8.25. The molecule has 2 nitrogen and oxygen atoms in total. The molecule has 1 heterocycles. The molecule has 2 aromatic rings. The van der Waals surface area contributed by atoms with Gasteiger partial charge < -0.3 is 0 Å². The van der Waals surface area contributed by atoms with Crippen molar-refractivity contribution in [2.24, 2.45) is 0 Å². The molecular formula is C16H11Br2Cl2NO.